The molecule has 2 aromatic carbocycles. The van der Waals surface area contributed by atoms with Crippen LogP contribution in [0.3, 0.4) is 0 Å². The summed E-state index contributed by atoms with van der Waals surface area (Å²) in [5.41, 5.74) is 1.00. The Balaban J connectivity index is 2.27. The smallest absolute Gasteiger partial charge is 0.339 e. The molecule has 0 atom stereocenters. The van der Waals surface area contributed by atoms with Crippen molar-refractivity contribution in [3.63, 3.8) is 0 Å². The van der Waals surface area contributed by atoms with Crippen molar-refractivity contribution in [1.82, 2.24) is 0 Å². The zero-order valence-corrected chi connectivity index (χ0v) is 10.4. The van der Waals surface area contributed by atoms with Gasteiger partial charge < -0.3 is 4.18 Å². The van der Waals surface area contributed by atoms with E-state index in [0.29, 0.717) is 0 Å². The number of hydrogen-bond donors (Lipinski definition) is 0. The third-order valence-electron chi connectivity index (χ3n) is 2.33. The van der Waals surface area contributed by atoms with Gasteiger partial charge in [-0.05, 0) is 43.3 Å². The maximum atomic E-state index is 12.7. The fourth-order valence-electron chi connectivity index (χ4n) is 1.37. The van der Waals surface area contributed by atoms with Crippen LogP contribution in [0.4, 0.5) is 4.39 Å². The van der Waals surface area contributed by atoms with Crippen LogP contribution in [0.25, 0.3) is 0 Å². The summed E-state index contributed by atoms with van der Waals surface area (Å²) >= 11 is 0. The number of hydrogen-bond acceptors (Lipinski definition) is 3. The van der Waals surface area contributed by atoms with Gasteiger partial charge in [-0.2, -0.15) is 8.42 Å². The molecule has 94 valence electrons. The zero-order chi connectivity index (χ0) is 13.2. The van der Waals surface area contributed by atoms with Crippen LogP contribution in [0, 0.1) is 12.7 Å². The number of aryl methyl sites for hydroxylation is 1. The fraction of sp³-hybridized carbons (Fsp3) is 0.0769. The van der Waals surface area contributed by atoms with Crippen molar-refractivity contribution in [2.75, 3.05) is 0 Å². The predicted octanol–water partition coefficient (Wildman–Crippen LogP) is 2.90. The lowest BCUT2D eigenvalue weighted by molar-refractivity contribution is 0.486. The monoisotopic (exact) mass is 266 g/mol. The molecule has 0 heterocycles. The van der Waals surface area contributed by atoms with Gasteiger partial charge in [-0.1, -0.05) is 17.7 Å². The van der Waals surface area contributed by atoms with Gasteiger partial charge in [0.1, 0.15) is 16.5 Å². The summed E-state index contributed by atoms with van der Waals surface area (Å²) in [6.07, 6.45) is 0. The molecule has 18 heavy (non-hydrogen) atoms. The molecule has 0 spiro atoms. The predicted molar refractivity (Wildman–Crippen MR) is 65.4 cm³/mol. The van der Waals surface area contributed by atoms with Gasteiger partial charge in [0, 0.05) is 0 Å². The quantitative estimate of drug-likeness (QED) is 0.802. The summed E-state index contributed by atoms with van der Waals surface area (Å²) in [4.78, 5) is -0.0792. The first kappa shape index (κ1) is 12.6. The van der Waals surface area contributed by atoms with Crippen molar-refractivity contribution in [2.24, 2.45) is 0 Å². The number of halogens is 1. The Labute approximate surface area is 105 Å². The third-order valence-corrected chi connectivity index (χ3v) is 3.59. The molecule has 0 aliphatic carbocycles. The molecule has 0 saturated heterocycles. The molecule has 0 bridgehead atoms. The maximum Gasteiger partial charge on any atom is 0.339 e. The highest BCUT2D eigenvalue weighted by atomic mass is 32.2. The van der Waals surface area contributed by atoms with Gasteiger partial charge >= 0.3 is 10.1 Å². The van der Waals surface area contributed by atoms with E-state index in [1.54, 1.807) is 24.3 Å². The number of benzene rings is 2. The topological polar surface area (TPSA) is 43.4 Å². The van der Waals surface area contributed by atoms with E-state index in [4.69, 9.17) is 4.18 Å². The van der Waals surface area contributed by atoms with E-state index in [0.717, 1.165) is 17.7 Å². The molecule has 0 radical (unpaired) electrons. The van der Waals surface area contributed by atoms with Crippen LogP contribution in [0.2, 0.25) is 0 Å². The lowest BCUT2D eigenvalue weighted by Gasteiger charge is -2.07. The average Bonchev–Trinajstić information content (AvgIpc) is 2.32. The minimum Gasteiger partial charge on any atom is -0.379 e. The van der Waals surface area contributed by atoms with E-state index in [1.165, 1.54) is 12.1 Å². The van der Waals surface area contributed by atoms with Crippen LogP contribution in [0.1, 0.15) is 5.56 Å². The van der Waals surface area contributed by atoms with Gasteiger partial charge in [0.25, 0.3) is 0 Å². The highest BCUT2D eigenvalue weighted by Gasteiger charge is 2.16. The SMILES string of the molecule is Cc1ccc(OS(=O)(=O)c2ccc(F)cc2)cc1. The van der Waals surface area contributed by atoms with E-state index in [2.05, 4.69) is 0 Å². The molecule has 0 aliphatic rings. The van der Waals surface area contributed by atoms with E-state index in [1.807, 2.05) is 6.92 Å². The Morgan fingerprint density at radius 3 is 2.06 bits per heavy atom. The molecule has 0 aliphatic heterocycles. The normalized spacial score (nSPS) is 11.2. The molecule has 0 saturated carbocycles. The highest BCUT2D eigenvalue weighted by molar-refractivity contribution is 7.87. The lowest BCUT2D eigenvalue weighted by atomic mass is 10.2. The summed E-state index contributed by atoms with van der Waals surface area (Å²) in [6.45, 7) is 1.89. The van der Waals surface area contributed by atoms with Crippen molar-refractivity contribution in [3.8, 4) is 5.75 Å². The van der Waals surface area contributed by atoms with Crippen molar-refractivity contribution in [2.45, 2.75) is 11.8 Å². The first-order valence-electron chi connectivity index (χ1n) is 5.24. The van der Waals surface area contributed by atoms with E-state index in [-0.39, 0.29) is 10.6 Å². The van der Waals surface area contributed by atoms with Crippen LogP contribution < -0.4 is 4.18 Å². The van der Waals surface area contributed by atoms with Crippen LogP contribution in [-0.4, -0.2) is 8.42 Å². The second-order valence-electron chi connectivity index (χ2n) is 3.80. The molecule has 0 amide bonds. The molecule has 5 heteroatoms. The first-order valence-corrected chi connectivity index (χ1v) is 6.65. The van der Waals surface area contributed by atoms with Gasteiger partial charge in [-0.25, -0.2) is 4.39 Å². The standard InChI is InChI=1S/C13H11FO3S/c1-10-2-6-12(7-3-10)17-18(15,16)13-8-4-11(14)5-9-13/h2-9H,1H3. The summed E-state index contributed by atoms with van der Waals surface area (Å²) < 4.78 is 41.3. The summed E-state index contributed by atoms with van der Waals surface area (Å²) in [7, 11) is -3.91. The minimum absolute atomic E-state index is 0.0792. The highest BCUT2D eigenvalue weighted by Crippen LogP contribution is 2.19. The molecular weight excluding hydrogens is 255 g/mol. The van der Waals surface area contributed by atoms with Gasteiger partial charge in [-0.15, -0.1) is 0 Å². The van der Waals surface area contributed by atoms with Crippen LogP contribution >= 0.6 is 0 Å². The Bertz CT molecular complexity index is 631. The van der Waals surface area contributed by atoms with Crippen molar-refractivity contribution >= 4 is 10.1 Å². The van der Waals surface area contributed by atoms with E-state index in [9.17, 15) is 12.8 Å². The maximum absolute atomic E-state index is 12.7. The Kier molecular flexibility index (Phi) is 3.34. The van der Waals surface area contributed by atoms with Crippen molar-refractivity contribution < 1.29 is 17.0 Å². The van der Waals surface area contributed by atoms with E-state index < -0.39 is 15.9 Å². The second-order valence-corrected chi connectivity index (χ2v) is 5.35. The summed E-state index contributed by atoms with van der Waals surface area (Å²) in [5.74, 6) is -0.269. The molecule has 2 aromatic rings. The lowest BCUT2D eigenvalue weighted by Crippen LogP contribution is -2.09. The largest absolute Gasteiger partial charge is 0.379 e. The van der Waals surface area contributed by atoms with Crippen molar-refractivity contribution in [3.05, 3.63) is 59.9 Å². The van der Waals surface area contributed by atoms with Gasteiger partial charge in [0.15, 0.2) is 0 Å². The van der Waals surface area contributed by atoms with Crippen molar-refractivity contribution in [1.29, 1.82) is 0 Å². The van der Waals surface area contributed by atoms with Gasteiger partial charge in [-0.3, -0.25) is 0 Å². The molecule has 2 rings (SSSR count). The Hall–Kier alpha value is -1.88. The minimum atomic E-state index is -3.91. The molecule has 0 N–H and O–H groups in total. The van der Waals surface area contributed by atoms with Crippen LogP contribution in [-0.2, 0) is 10.1 Å². The molecule has 3 nitrogen and oxygen atoms in total. The summed E-state index contributed by atoms with van der Waals surface area (Å²) in [5, 5.41) is 0. The second kappa shape index (κ2) is 4.78. The molecular formula is C13H11FO3S. The zero-order valence-electron chi connectivity index (χ0n) is 9.63. The molecule has 0 unspecified atom stereocenters. The average molecular weight is 266 g/mol. The van der Waals surface area contributed by atoms with E-state index >= 15 is 0 Å². The molecule has 0 aromatic heterocycles. The summed E-state index contributed by atoms with van der Waals surface area (Å²) in [6, 6.07) is 11.1. The Morgan fingerprint density at radius 1 is 0.944 bits per heavy atom. The third kappa shape index (κ3) is 2.87. The van der Waals surface area contributed by atoms with Gasteiger partial charge in [0.2, 0.25) is 0 Å². The van der Waals surface area contributed by atoms with Gasteiger partial charge in [0.05, 0.1) is 0 Å². The van der Waals surface area contributed by atoms with Crippen LogP contribution in [0.5, 0.6) is 5.75 Å². The molecule has 0 fully saturated rings. The Morgan fingerprint density at radius 2 is 1.50 bits per heavy atom. The number of rotatable bonds is 3. The van der Waals surface area contributed by atoms with Crippen LogP contribution in [0.15, 0.2) is 53.4 Å². The fourth-order valence-corrected chi connectivity index (χ4v) is 2.30. The first-order chi connectivity index (χ1) is 8.47.